The van der Waals surface area contributed by atoms with E-state index >= 15 is 9.59 Å². The van der Waals surface area contributed by atoms with Gasteiger partial charge in [0.1, 0.15) is 12.6 Å². The summed E-state index contributed by atoms with van der Waals surface area (Å²) < 4.78 is 61.2. The predicted octanol–water partition coefficient (Wildman–Crippen LogP) is 3.09. The Balaban J connectivity index is 1.68. The first-order chi connectivity index (χ1) is 30.0. The molecule has 2 heterocycles. The summed E-state index contributed by atoms with van der Waals surface area (Å²) in [6, 6.07) is 17.2. The number of rotatable bonds is 21. The number of carbonyl (C=O) groups excluding carboxylic acids is 4. The van der Waals surface area contributed by atoms with Crippen molar-refractivity contribution in [3.05, 3.63) is 112 Å². The van der Waals surface area contributed by atoms with Gasteiger partial charge in [-0.2, -0.15) is 5.01 Å². The summed E-state index contributed by atoms with van der Waals surface area (Å²) in [7, 11) is -6.52. The fraction of sp³-hybridized carbons (Fsp3) is 0.341. The van der Waals surface area contributed by atoms with Crippen molar-refractivity contribution in [1.29, 1.82) is 10.8 Å². The van der Waals surface area contributed by atoms with Crippen LogP contribution in [0.25, 0.3) is 0 Å². The maximum absolute atomic E-state index is 15.6. The van der Waals surface area contributed by atoms with E-state index in [-0.39, 0.29) is 47.2 Å². The van der Waals surface area contributed by atoms with Crippen molar-refractivity contribution < 1.29 is 40.8 Å². The first-order valence-corrected chi connectivity index (χ1v) is 23.5. The first-order valence-electron chi connectivity index (χ1n) is 19.6. The number of ether oxygens (including phenoxy) is 1. The number of sulfonamides is 2. The van der Waals surface area contributed by atoms with Gasteiger partial charge in [0.2, 0.25) is 11.7 Å². The Hall–Kier alpha value is -5.75. The third kappa shape index (κ3) is 11.1. The van der Waals surface area contributed by atoms with E-state index in [0.29, 0.717) is 10.6 Å². The van der Waals surface area contributed by atoms with Crippen LogP contribution in [-0.2, 0) is 41.0 Å². The third-order valence-electron chi connectivity index (χ3n) is 10.2. The van der Waals surface area contributed by atoms with E-state index in [0.717, 1.165) is 56.7 Å². The molecule has 1 saturated heterocycles. The molecule has 19 nitrogen and oxygen atoms in total. The van der Waals surface area contributed by atoms with Crippen LogP contribution >= 0.6 is 11.3 Å². The van der Waals surface area contributed by atoms with Gasteiger partial charge >= 0.3 is 6.09 Å². The molecule has 0 bridgehead atoms. The fourth-order valence-electron chi connectivity index (χ4n) is 6.96. The highest BCUT2D eigenvalue weighted by Gasteiger charge is 2.61. The van der Waals surface area contributed by atoms with E-state index in [4.69, 9.17) is 15.6 Å². The van der Waals surface area contributed by atoms with Crippen LogP contribution in [0.5, 0.6) is 0 Å². The van der Waals surface area contributed by atoms with Gasteiger partial charge in [-0.3, -0.25) is 19.3 Å². The lowest BCUT2D eigenvalue weighted by Crippen LogP contribution is -2.80. The van der Waals surface area contributed by atoms with Gasteiger partial charge in [0, 0.05) is 51.7 Å². The Morgan fingerprint density at radius 2 is 1.51 bits per heavy atom. The molecule has 63 heavy (non-hydrogen) atoms. The number of nitrogens with zero attached hydrogens (tertiary/aromatic N) is 5. The molecule has 4 aromatic rings. The molecule has 3 atom stereocenters. The lowest BCUT2D eigenvalue weighted by atomic mass is 9.93. The molecule has 336 valence electrons. The van der Waals surface area contributed by atoms with Crippen molar-refractivity contribution in [1.82, 2.24) is 39.8 Å². The van der Waals surface area contributed by atoms with Crippen LogP contribution in [0.2, 0.25) is 0 Å². The summed E-state index contributed by atoms with van der Waals surface area (Å²) in [5, 5.41) is 21.2. The van der Waals surface area contributed by atoms with E-state index < -0.39 is 74.6 Å². The number of likely N-dealkylation sites (N-methyl/N-ethyl adjacent to an activating group) is 2. The molecule has 0 radical (unpaired) electrons. The molecule has 1 unspecified atom stereocenters. The molecule has 5 N–H and O–H groups in total. The quantitative estimate of drug-likeness (QED) is 0.0266. The van der Waals surface area contributed by atoms with E-state index in [1.165, 1.54) is 42.9 Å². The Morgan fingerprint density at radius 1 is 0.905 bits per heavy atom. The van der Waals surface area contributed by atoms with Gasteiger partial charge in [0.05, 0.1) is 15.8 Å². The zero-order chi connectivity index (χ0) is 46.0. The summed E-state index contributed by atoms with van der Waals surface area (Å²) in [6.45, 7) is 2.22. The number of ketones is 1. The maximum Gasteiger partial charge on any atom is 0.410 e. The van der Waals surface area contributed by atoms with Gasteiger partial charge in [-0.25, -0.2) is 31.6 Å². The van der Waals surface area contributed by atoms with Crippen LogP contribution in [0.4, 0.5) is 4.79 Å². The Kier molecular flexibility index (Phi) is 16.2. The Labute approximate surface area is 370 Å². The number of piperazine rings is 1. The zero-order valence-electron chi connectivity index (χ0n) is 35.1. The molecule has 1 aliphatic heterocycles. The molecular weight excluding hydrogens is 873 g/mol. The summed E-state index contributed by atoms with van der Waals surface area (Å²) >= 11 is 0.829. The number of aromatic nitrogens is 1. The molecule has 3 amide bonds. The molecule has 1 fully saturated rings. The van der Waals surface area contributed by atoms with Gasteiger partial charge in [-0.05, 0) is 68.9 Å². The molecule has 5 rings (SSSR count). The minimum atomic E-state index is -4.58. The smallest absolute Gasteiger partial charge is 0.410 e. The number of unbranched alkanes of at least 4 members (excludes halogenated alkanes) is 1. The highest BCUT2D eigenvalue weighted by atomic mass is 32.2. The van der Waals surface area contributed by atoms with Crippen LogP contribution in [0.15, 0.2) is 100 Å². The van der Waals surface area contributed by atoms with Gasteiger partial charge in [-0.1, -0.05) is 65.7 Å². The Morgan fingerprint density at radius 3 is 2.06 bits per heavy atom. The van der Waals surface area contributed by atoms with E-state index in [1.54, 1.807) is 68.4 Å². The van der Waals surface area contributed by atoms with E-state index in [9.17, 15) is 26.4 Å². The van der Waals surface area contributed by atoms with Crippen molar-refractivity contribution in [2.45, 2.75) is 67.3 Å². The van der Waals surface area contributed by atoms with Crippen LogP contribution in [-0.4, -0.2) is 129 Å². The highest BCUT2D eigenvalue weighted by molar-refractivity contribution is 7.89. The molecule has 0 spiro atoms. The molecule has 0 saturated carbocycles. The first kappa shape index (κ1) is 48.3. The van der Waals surface area contributed by atoms with Gasteiger partial charge in [0.15, 0.2) is 5.01 Å². The normalized spacial score (nSPS) is 16.0. The number of hydrazine groups is 2. The fourth-order valence-corrected chi connectivity index (χ4v) is 9.79. The lowest BCUT2D eigenvalue weighted by molar-refractivity contribution is -0.167. The van der Waals surface area contributed by atoms with E-state index in [2.05, 4.69) is 20.0 Å². The average molecular weight is 923 g/mol. The number of amides is 3. The second kappa shape index (κ2) is 21.1. The van der Waals surface area contributed by atoms with Crippen molar-refractivity contribution in [3.63, 3.8) is 0 Å². The van der Waals surface area contributed by atoms with Crippen molar-refractivity contribution >= 4 is 67.5 Å². The summed E-state index contributed by atoms with van der Waals surface area (Å²) in [4.78, 5) is 70.3. The molecule has 0 aliphatic carbocycles. The van der Waals surface area contributed by atoms with Crippen molar-refractivity contribution in [2.24, 2.45) is 0 Å². The lowest BCUT2D eigenvalue weighted by Gasteiger charge is -2.52. The zero-order valence-corrected chi connectivity index (χ0v) is 37.5. The maximum atomic E-state index is 15.6. The van der Waals surface area contributed by atoms with Crippen molar-refractivity contribution in [2.75, 3.05) is 33.7 Å². The summed E-state index contributed by atoms with van der Waals surface area (Å²) in [5.41, 5.74) is -0.740. The monoisotopic (exact) mass is 922 g/mol. The number of hydrogen-bond acceptors (Lipinski definition) is 15. The molecular formula is C41H50N10O9S3. The number of carbonyl (C=O) groups is 4. The number of aryl methyl sites for hydroxylation is 2. The van der Waals surface area contributed by atoms with Crippen LogP contribution < -0.4 is 15.0 Å². The van der Waals surface area contributed by atoms with Crippen LogP contribution in [0, 0.1) is 24.7 Å². The third-order valence-corrected chi connectivity index (χ3v) is 13.8. The number of nitrogens with one attached hydrogen (secondary N) is 5. The van der Waals surface area contributed by atoms with Gasteiger partial charge in [0.25, 0.3) is 31.6 Å². The topological polar surface area (TPSA) is 255 Å². The minimum absolute atomic E-state index is 0.108. The number of Topliss-reactive ketones (excluding diaryl/α,β-unsaturated/α-hetero) is 1. The largest absolute Gasteiger partial charge is 0.445 e. The number of hydrogen-bond donors (Lipinski definition) is 5. The van der Waals surface area contributed by atoms with Crippen molar-refractivity contribution in [3.8, 4) is 0 Å². The number of benzene rings is 3. The molecule has 1 aromatic heterocycles. The van der Waals surface area contributed by atoms with Gasteiger partial charge in [-0.15, -0.1) is 21.0 Å². The minimum Gasteiger partial charge on any atom is -0.445 e. The highest BCUT2D eigenvalue weighted by Crippen LogP contribution is 2.33. The van der Waals surface area contributed by atoms with Crippen LogP contribution in [0.1, 0.15) is 45.8 Å². The number of thiazole rings is 1. The Bertz CT molecular complexity index is 2480. The molecule has 1 aliphatic rings. The summed E-state index contributed by atoms with van der Waals surface area (Å²) in [6.07, 6.45) is 2.43. The van der Waals surface area contributed by atoms with E-state index in [1.807, 2.05) is 0 Å². The average Bonchev–Trinajstić information content (AvgIpc) is 3.80. The SMILES string of the molecule is Cc1ccc(S(=O)(=O)NN(C)C(CC=N)[C@H]2C(=O)N([C@@](C(=O)NCCCC=N)(C(=O)c3nccs3)N(C)NS(=O)(=O)c3ccc(C)cc3)CCN2C(=O)OCc2ccccc2)cc1. The second-order valence-corrected chi connectivity index (χ2v) is 18.8. The van der Waals surface area contributed by atoms with Gasteiger partial charge < -0.3 is 25.8 Å². The second-order valence-electron chi connectivity index (χ2n) is 14.6. The van der Waals surface area contributed by atoms with Crippen LogP contribution in [0.3, 0.4) is 0 Å². The molecule has 22 heteroatoms. The predicted molar refractivity (Wildman–Crippen MR) is 235 cm³/mol. The summed E-state index contributed by atoms with van der Waals surface area (Å²) in [5.74, 6) is -3.36. The standard InChI is InChI=1S/C41H50N10O9S3/c1-29-12-16-32(17-13-29)62(56,57)46-48(3)34(20-22-43)35-38(53)51(26-25-50(35)40(55)60-28-31-10-6-5-7-11-31)41(36(52)37-44-24-27-61-37,39(54)45-23-9-8-21-42)49(4)47-63(58,59)33-18-14-30(2)15-19-33/h5-7,10-19,21-22,24,27,34-35,42-43,46-47H,8-9,20,23,25-26,28H2,1-4H3,(H,45,54)/t34?,35-,41+/m0/s1. The molecule has 3 aromatic carbocycles.